The zero-order valence-corrected chi connectivity index (χ0v) is 14.9. The molecule has 0 aromatic heterocycles. The maximum absolute atomic E-state index is 12.5. The van der Waals surface area contributed by atoms with E-state index in [1.54, 1.807) is 24.3 Å². The molecule has 1 heterocycles. The fraction of sp³-hybridized carbons (Fsp3) is 0.300. The van der Waals surface area contributed by atoms with Crippen molar-refractivity contribution in [3.8, 4) is 17.6 Å². The van der Waals surface area contributed by atoms with Crippen LogP contribution in [0.15, 0.2) is 48.5 Å². The molecule has 0 saturated carbocycles. The molecule has 3 atom stereocenters. The van der Waals surface area contributed by atoms with Crippen LogP contribution in [0.5, 0.6) is 11.5 Å². The van der Waals surface area contributed by atoms with Crippen molar-refractivity contribution < 1.29 is 19.2 Å². The molecule has 134 valence electrons. The minimum absolute atomic E-state index is 0.119. The lowest BCUT2D eigenvalue weighted by molar-refractivity contribution is -0.896. The summed E-state index contributed by atoms with van der Waals surface area (Å²) in [5.74, 6) is 1.35. The van der Waals surface area contributed by atoms with Gasteiger partial charge in [-0.05, 0) is 31.2 Å². The van der Waals surface area contributed by atoms with E-state index in [0.717, 1.165) is 16.4 Å². The first-order chi connectivity index (χ1) is 12.6. The van der Waals surface area contributed by atoms with E-state index in [1.165, 1.54) is 0 Å². The van der Waals surface area contributed by atoms with Gasteiger partial charge in [0, 0.05) is 0 Å². The molecule has 0 radical (unpaired) electrons. The number of nitrogens with one attached hydrogen (secondary N) is 2. The third kappa shape index (κ3) is 3.95. The first-order valence-corrected chi connectivity index (χ1v) is 8.59. The van der Waals surface area contributed by atoms with E-state index < -0.39 is 0 Å². The summed E-state index contributed by atoms with van der Waals surface area (Å²) in [6.07, 6.45) is -0.119. The van der Waals surface area contributed by atoms with Gasteiger partial charge < -0.3 is 19.7 Å². The average Bonchev–Trinajstić information content (AvgIpc) is 2.67. The van der Waals surface area contributed by atoms with Gasteiger partial charge in [0.05, 0.1) is 18.3 Å². The summed E-state index contributed by atoms with van der Waals surface area (Å²) >= 11 is 0. The Morgan fingerprint density at radius 1 is 1.27 bits per heavy atom. The Labute approximate surface area is 152 Å². The van der Waals surface area contributed by atoms with Crippen molar-refractivity contribution in [3.05, 3.63) is 54.1 Å². The molecule has 0 bridgehead atoms. The van der Waals surface area contributed by atoms with Gasteiger partial charge in [0.1, 0.15) is 19.2 Å². The highest BCUT2D eigenvalue weighted by Crippen LogP contribution is 2.30. The molecule has 1 amide bonds. The topological polar surface area (TPSA) is 75.8 Å². The Morgan fingerprint density at radius 2 is 1.96 bits per heavy atom. The molecule has 26 heavy (non-hydrogen) atoms. The quantitative estimate of drug-likeness (QED) is 0.849. The molecule has 0 aliphatic carbocycles. The van der Waals surface area contributed by atoms with Crippen LogP contribution in [-0.2, 0) is 4.79 Å². The van der Waals surface area contributed by atoms with Crippen LogP contribution in [-0.4, -0.2) is 38.3 Å². The van der Waals surface area contributed by atoms with Crippen LogP contribution in [0.2, 0.25) is 0 Å². The molecule has 3 rings (SSSR count). The zero-order valence-electron chi connectivity index (χ0n) is 14.9. The highest BCUT2D eigenvalue weighted by Gasteiger charge is 2.29. The van der Waals surface area contributed by atoms with Gasteiger partial charge in [0.25, 0.3) is 5.91 Å². The molecule has 6 heteroatoms. The molecule has 1 aliphatic heterocycles. The normalized spacial score (nSPS) is 17.7. The van der Waals surface area contributed by atoms with Gasteiger partial charge in [-0.25, -0.2) is 0 Å². The van der Waals surface area contributed by atoms with Crippen molar-refractivity contribution in [1.82, 2.24) is 0 Å². The average molecular weight is 352 g/mol. The number of hydrogen-bond donors (Lipinski definition) is 2. The number of rotatable bonds is 5. The van der Waals surface area contributed by atoms with Crippen LogP contribution < -0.4 is 19.7 Å². The van der Waals surface area contributed by atoms with Crippen LogP contribution in [0, 0.1) is 11.3 Å². The smallest absolute Gasteiger partial charge is 0.282 e. The summed E-state index contributed by atoms with van der Waals surface area (Å²) in [5.41, 5.74) is 0.983. The minimum Gasteiger partial charge on any atom is -0.486 e. The van der Waals surface area contributed by atoms with E-state index in [1.807, 2.05) is 38.2 Å². The second-order valence-corrected chi connectivity index (χ2v) is 6.42. The van der Waals surface area contributed by atoms with Gasteiger partial charge in [-0.15, -0.1) is 0 Å². The third-order valence-electron chi connectivity index (χ3n) is 4.56. The van der Waals surface area contributed by atoms with Crippen LogP contribution in [0.1, 0.15) is 12.5 Å². The van der Waals surface area contributed by atoms with Crippen molar-refractivity contribution in [3.63, 3.8) is 0 Å². The molecule has 2 aromatic rings. The molecule has 2 N–H and O–H groups in total. The van der Waals surface area contributed by atoms with Gasteiger partial charge in [-0.2, -0.15) is 5.26 Å². The fourth-order valence-corrected chi connectivity index (χ4v) is 2.85. The van der Waals surface area contributed by atoms with Crippen LogP contribution in [0.3, 0.4) is 0 Å². The summed E-state index contributed by atoms with van der Waals surface area (Å²) < 4.78 is 11.7. The number of nitriles is 1. The number of para-hydroxylation sites is 3. The SMILES string of the molecule is C[C@H](C(=O)Nc1ccccc1C#N)[NH+](C)C[C@@H]1COc2ccccc2O1. The predicted octanol–water partition coefficient (Wildman–Crippen LogP) is 1.24. The Morgan fingerprint density at radius 3 is 2.73 bits per heavy atom. The molecule has 2 aromatic carbocycles. The number of hydrogen-bond acceptors (Lipinski definition) is 4. The summed E-state index contributed by atoms with van der Waals surface area (Å²) in [4.78, 5) is 13.6. The summed E-state index contributed by atoms with van der Waals surface area (Å²) in [5, 5.41) is 12.0. The lowest BCUT2D eigenvalue weighted by Crippen LogP contribution is -3.15. The van der Waals surface area contributed by atoms with Crippen LogP contribution in [0.25, 0.3) is 0 Å². The highest BCUT2D eigenvalue weighted by atomic mass is 16.6. The predicted molar refractivity (Wildman–Crippen MR) is 97.4 cm³/mol. The molecule has 6 nitrogen and oxygen atoms in total. The minimum atomic E-state index is -0.303. The van der Waals surface area contributed by atoms with E-state index >= 15 is 0 Å². The maximum atomic E-state index is 12.5. The van der Waals surface area contributed by atoms with Gasteiger partial charge in [0.15, 0.2) is 23.6 Å². The zero-order chi connectivity index (χ0) is 18.5. The number of nitrogens with zero attached hydrogens (tertiary/aromatic N) is 1. The number of amides is 1. The number of fused-ring (bicyclic) bond motifs is 1. The summed E-state index contributed by atoms with van der Waals surface area (Å²) in [7, 11) is 1.95. The van der Waals surface area contributed by atoms with Crippen molar-refractivity contribution in [2.45, 2.75) is 19.1 Å². The molecular weight excluding hydrogens is 330 g/mol. The standard InChI is InChI=1S/C20H21N3O3/c1-14(20(24)22-17-8-4-3-7-15(17)11-21)23(2)12-16-13-25-18-9-5-6-10-19(18)26-16/h3-10,14,16H,12-13H2,1-2H3,(H,22,24)/p+1/t14-,16-/m1/s1. The van der Waals surface area contributed by atoms with Gasteiger partial charge in [-0.1, -0.05) is 24.3 Å². The van der Waals surface area contributed by atoms with E-state index in [4.69, 9.17) is 14.7 Å². The Bertz CT molecular complexity index is 831. The number of quaternary nitrogens is 1. The molecule has 1 unspecified atom stereocenters. The van der Waals surface area contributed by atoms with Gasteiger partial charge in [0.2, 0.25) is 0 Å². The van der Waals surface area contributed by atoms with Crippen molar-refractivity contribution >= 4 is 11.6 Å². The number of likely N-dealkylation sites (N-methyl/N-ethyl adjacent to an activating group) is 1. The number of carbonyl (C=O) groups is 1. The summed E-state index contributed by atoms with van der Waals surface area (Å²) in [6.45, 7) is 2.94. The van der Waals surface area contributed by atoms with Crippen LogP contribution in [0.4, 0.5) is 5.69 Å². The number of ether oxygens (including phenoxy) is 2. The lowest BCUT2D eigenvalue weighted by atomic mass is 10.1. The van der Waals surface area contributed by atoms with Crippen molar-refractivity contribution in [1.29, 1.82) is 5.26 Å². The van der Waals surface area contributed by atoms with E-state index in [9.17, 15) is 4.79 Å². The second kappa shape index (κ2) is 7.89. The van der Waals surface area contributed by atoms with Gasteiger partial charge in [-0.3, -0.25) is 4.79 Å². The Hall–Kier alpha value is -3.04. The number of carbonyl (C=O) groups excluding carboxylic acids is 1. The molecule has 1 aliphatic rings. The Balaban J connectivity index is 1.58. The molecule has 0 fully saturated rings. The first-order valence-electron chi connectivity index (χ1n) is 8.59. The van der Waals surface area contributed by atoms with Crippen molar-refractivity contribution in [2.75, 3.05) is 25.5 Å². The van der Waals surface area contributed by atoms with Crippen LogP contribution >= 0.6 is 0 Å². The lowest BCUT2D eigenvalue weighted by Gasteiger charge is -2.29. The summed E-state index contributed by atoms with van der Waals surface area (Å²) in [6, 6.07) is 16.3. The van der Waals surface area contributed by atoms with E-state index in [-0.39, 0.29) is 18.1 Å². The Kier molecular flexibility index (Phi) is 5.40. The molecule has 0 spiro atoms. The highest BCUT2D eigenvalue weighted by molar-refractivity contribution is 5.94. The van der Waals surface area contributed by atoms with E-state index in [2.05, 4.69) is 11.4 Å². The van der Waals surface area contributed by atoms with E-state index in [0.29, 0.717) is 24.4 Å². The van der Waals surface area contributed by atoms with Gasteiger partial charge >= 0.3 is 0 Å². The number of anilines is 1. The fourth-order valence-electron chi connectivity index (χ4n) is 2.85. The molecule has 0 saturated heterocycles. The molecular formula is C20H22N3O3+. The maximum Gasteiger partial charge on any atom is 0.282 e. The second-order valence-electron chi connectivity index (χ2n) is 6.42. The third-order valence-corrected chi connectivity index (χ3v) is 4.56. The van der Waals surface area contributed by atoms with Crippen molar-refractivity contribution in [2.24, 2.45) is 0 Å². The first kappa shape index (κ1) is 17.8. The monoisotopic (exact) mass is 352 g/mol. The number of benzene rings is 2. The largest absolute Gasteiger partial charge is 0.486 e.